The molecule has 0 aliphatic rings. The minimum Gasteiger partial charge on any atom is -0.269 e. The standard InChI is InChI=1S/C12H8IN3/c13-11-10-6-9(7-14-12(10)16-15-11)8-4-2-1-3-5-8/h1-7H,(H,14,15,16). The molecule has 0 saturated heterocycles. The maximum atomic E-state index is 4.33. The summed E-state index contributed by atoms with van der Waals surface area (Å²) >= 11 is 2.23. The number of fused-ring (bicyclic) bond motifs is 1. The second-order valence-corrected chi connectivity index (χ2v) is 4.58. The highest BCUT2D eigenvalue weighted by atomic mass is 127. The maximum Gasteiger partial charge on any atom is 0.182 e. The van der Waals surface area contributed by atoms with Crippen LogP contribution in [0, 0.1) is 3.70 Å². The summed E-state index contributed by atoms with van der Waals surface area (Å²) in [5.74, 6) is 0. The first-order chi connectivity index (χ1) is 7.84. The lowest BCUT2D eigenvalue weighted by atomic mass is 10.1. The summed E-state index contributed by atoms with van der Waals surface area (Å²) in [5.41, 5.74) is 3.06. The van der Waals surface area contributed by atoms with Crippen LogP contribution in [-0.4, -0.2) is 15.2 Å². The molecular weight excluding hydrogens is 313 g/mol. The van der Waals surface area contributed by atoms with Gasteiger partial charge in [0.2, 0.25) is 0 Å². The Balaban J connectivity index is 2.22. The van der Waals surface area contributed by atoms with Crippen LogP contribution < -0.4 is 0 Å². The van der Waals surface area contributed by atoms with Crippen molar-refractivity contribution in [2.45, 2.75) is 0 Å². The number of pyridine rings is 1. The largest absolute Gasteiger partial charge is 0.269 e. The third kappa shape index (κ3) is 1.59. The van der Waals surface area contributed by atoms with E-state index in [1.54, 1.807) is 0 Å². The molecule has 0 fully saturated rings. The van der Waals surface area contributed by atoms with E-state index in [2.05, 4.69) is 56.0 Å². The van der Waals surface area contributed by atoms with E-state index < -0.39 is 0 Å². The molecule has 3 rings (SSSR count). The topological polar surface area (TPSA) is 41.6 Å². The number of benzene rings is 1. The van der Waals surface area contributed by atoms with Crippen molar-refractivity contribution in [3.05, 3.63) is 46.3 Å². The van der Waals surface area contributed by atoms with Gasteiger partial charge < -0.3 is 0 Å². The van der Waals surface area contributed by atoms with E-state index in [4.69, 9.17) is 0 Å². The van der Waals surface area contributed by atoms with Crippen molar-refractivity contribution in [2.24, 2.45) is 0 Å². The molecule has 2 aromatic heterocycles. The third-order valence-electron chi connectivity index (χ3n) is 2.47. The summed E-state index contributed by atoms with van der Waals surface area (Å²) in [6.45, 7) is 0. The first-order valence-electron chi connectivity index (χ1n) is 4.89. The smallest absolute Gasteiger partial charge is 0.182 e. The molecule has 0 saturated carbocycles. The first kappa shape index (κ1) is 9.77. The van der Waals surface area contributed by atoms with Gasteiger partial charge in [0.1, 0.15) is 3.70 Å². The second kappa shape index (κ2) is 3.86. The molecule has 3 nitrogen and oxygen atoms in total. The van der Waals surface area contributed by atoms with Gasteiger partial charge in [-0.3, -0.25) is 5.10 Å². The van der Waals surface area contributed by atoms with Crippen LogP contribution in [0.2, 0.25) is 0 Å². The Morgan fingerprint density at radius 3 is 2.69 bits per heavy atom. The van der Waals surface area contributed by atoms with Crippen molar-refractivity contribution in [2.75, 3.05) is 0 Å². The number of aromatic nitrogens is 3. The predicted molar refractivity (Wildman–Crippen MR) is 72.0 cm³/mol. The average molecular weight is 321 g/mol. The number of hydrogen-bond acceptors (Lipinski definition) is 2. The molecule has 78 valence electrons. The van der Waals surface area contributed by atoms with Gasteiger partial charge in [-0.05, 0) is 34.2 Å². The van der Waals surface area contributed by atoms with Crippen molar-refractivity contribution in [1.82, 2.24) is 15.2 Å². The number of aromatic amines is 1. The van der Waals surface area contributed by atoms with Crippen LogP contribution in [0.3, 0.4) is 0 Å². The van der Waals surface area contributed by atoms with Gasteiger partial charge in [-0.25, -0.2) is 4.98 Å². The number of rotatable bonds is 1. The normalized spacial score (nSPS) is 10.8. The number of halogens is 1. The molecule has 0 aliphatic carbocycles. The van der Waals surface area contributed by atoms with Crippen molar-refractivity contribution in [1.29, 1.82) is 0 Å². The van der Waals surface area contributed by atoms with Crippen LogP contribution in [0.1, 0.15) is 0 Å². The molecule has 0 atom stereocenters. The molecule has 1 N–H and O–H groups in total. The Morgan fingerprint density at radius 1 is 1.06 bits per heavy atom. The summed E-state index contributed by atoms with van der Waals surface area (Å²) in [6, 6.07) is 12.3. The van der Waals surface area contributed by atoms with Crippen molar-refractivity contribution in [3.8, 4) is 11.1 Å². The van der Waals surface area contributed by atoms with E-state index in [0.29, 0.717) is 0 Å². The zero-order valence-corrected chi connectivity index (χ0v) is 10.5. The summed E-state index contributed by atoms with van der Waals surface area (Å²) in [4.78, 5) is 4.33. The summed E-state index contributed by atoms with van der Waals surface area (Å²) in [7, 11) is 0. The summed E-state index contributed by atoms with van der Waals surface area (Å²) < 4.78 is 1.03. The van der Waals surface area contributed by atoms with Crippen molar-refractivity contribution in [3.63, 3.8) is 0 Å². The summed E-state index contributed by atoms with van der Waals surface area (Å²) in [6.07, 6.45) is 1.86. The fourth-order valence-electron chi connectivity index (χ4n) is 1.66. The minimum absolute atomic E-state index is 0.768. The van der Waals surface area contributed by atoms with E-state index in [0.717, 1.165) is 20.3 Å². The van der Waals surface area contributed by atoms with Gasteiger partial charge in [-0.15, -0.1) is 0 Å². The Hall–Kier alpha value is -1.43. The molecule has 1 aromatic carbocycles. The van der Waals surface area contributed by atoms with Gasteiger partial charge in [0.15, 0.2) is 5.65 Å². The molecule has 0 spiro atoms. The quantitative estimate of drug-likeness (QED) is 0.699. The van der Waals surface area contributed by atoms with Crippen LogP contribution in [0.4, 0.5) is 0 Å². The fourth-order valence-corrected chi connectivity index (χ4v) is 2.18. The molecule has 0 radical (unpaired) electrons. The molecule has 0 bridgehead atoms. The highest BCUT2D eigenvalue weighted by Gasteiger charge is 2.05. The molecule has 3 aromatic rings. The molecule has 4 heteroatoms. The van der Waals surface area contributed by atoms with Crippen LogP contribution in [0.25, 0.3) is 22.2 Å². The van der Waals surface area contributed by atoms with E-state index in [-0.39, 0.29) is 0 Å². The molecule has 16 heavy (non-hydrogen) atoms. The molecule has 0 aliphatic heterocycles. The number of nitrogens with zero attached hydrogens (tertiary/aromatic N) is 2. The zero-order chi connectivity index (χ0) is 11.0. The molecule has 0 amide bonds. The third-order valence-corrected chi connectivity index (χ3v) is 3.29. The molecule has 2 heterocycles. The van der Waals surface area contributed by atoms with Crippen molar-refractivity contribution >= 4 is 33.6 Å². The minimum atomic E-state index is 0.768. The van der Waals surface area contributed by atoms with Crippen LogP contribution in [0.5, 0.6) is 0 Å². The van der Waals surface area contributed by atoms with Gasteiger partial charge in [0.05, 0.1) is 5.39 Å². The highest BCUT2D eigenvalue weighted by molar-refractivity contribution is 14.1. The Bertz CT molecular complexity index is 631. The zero-order valence-electron chi connectivity index (χ0n) is 8.31. The summed E-state index contributed by atoms with van der Waals surface area (Å²) in [5, 5.41) is 8.11. The van der Waals surface area contributed by atoms with E-state index in [1.165, 1.54) is 5.56 Å². The fraction of sp³-hybridized carbons (Fsp3) is 0. The predicted octanol–water partition coefficient (Wildman–Crippen LogP) is 3.23. The van der Waals surface area contributed by atoms with Gasteiger partial charge in [0, 0.05) is 11.8 Å². The van der Waals surface area contributed by atoms with Crippen LogP contribution in [0.15, 0.2) is 42.6 Å². The Labute approximate surface area is 106 Å². The Morgan fingerprint density at radius 2 is 1.88 bits per heavy atom. The van der Waals surface area contributed by atoms with Gasteiger partial charge in [0.25, 0.3) is 0 Å². The second-order valence-electron chi connectivity index (χ2n) is 3.50. The van der Waals surface area contributed by atoms with Crippen LogP contribution >= 0.6 is 22.6 Å². The number of nitrogens with one attached hydrogen (secondary N) is 1. The van der Waals surface area contributed by atoms with Crippen LogP contribution in [-0.2, 0) is 0 Å². The van der Waals surface area contributed by atoms with E-state index in [9.17, 15) is 0 Å². The van der Waals surface area contributed by atoms with E-state index >= 15 is 0 Å². The average Bonchev–Trinajstić information content (AvgIpc) is 2.72. The monoisotopic (exact) mass is 321 g/mol. The van der Waals surface area contributed by atoms with Gasteiger partial charge in [-0.2, -0.15) is 5.10 Å². The number of H-pyrrole nitrogens is 1. The lowest BCUT2D eigenvalue weighted by Gasteiger charge is -2.00. The molecule has 0 unspecified atom stereocenters. The highest BCUT2D eigenvalue weighted by Crippen LogP contribution is 2.23. The Kier molecular flexibility index (Phi) is 2.36. The maximum absolute atomic E-state index is 4.33. The lowest BCUT2D eigenvalue weighted by Crippen LogP contribution is -1.81. The molecular formula is C12H8IN3. The van der Waals surface area contributed by atoms with Crippen molar-refractivity contribution < 1.29 is 0 Å². The van der Waals surface area contributed by atoms with Gasteiger partial charge in [-0.1, -0.05) is 30.3 Å². The number of hydrogen-bond donors (Lipinski definition) is 1. The SMILES string of the molecule is Ic1[nH]nc2ncc(-c3ccccc3)cc12. The van der Waals surface area contributed by atoms with E-state index in [1.807, 2.05) is 24.4 Å². The van der Waals surface area contributed by atoms with Gasteiger partial charge >= 0.3 is 0 Å². The first-order valence-corrected chi connectivity index (χ1v) is 5.97. The lowest BCUT2D eigenvalue weighted by molar-refractivity contribution is 1.08.